The normalized spacial score (nSPS) is 15.6. The molecule has 1 aliphatic rings. The SMILES string of the molecule is CCCCCCC/C(=C1/N=C(C)C(C#C[Si](C)(C)C)=C1C)c1[nH]c(C)c(C#C[Si](C)(C)C)c1C. The fraction of sp³-hybridized carbons (Fsp3) is 0.567. The van der Waals surface area contributed by atoms with Crippen LogP contribution in [0.1, 0.15) is 81.8 Å². The molecule has 1 aromatic rings. The van der Waals surface area contributed by atoms with E-state index in [0.29, 0.717) is 0 Å². The van der Waals surface area contributed by atoms with Crippen molar-refractivity contribution in [1.29, 1.82) is 0 Å². The van der Waals surface area contributed by atoms with E-state index in [-0.39, 0.29) is 0 Å². The van der Waals surface area contributed by atoms with E-state index in [9.17, 15) is 0 Å². The summed E-state index contributed by atoms with van der Waals surface area (Å²) in [5.74, 6) is 7.04. The molecule has 1 N–H and O–H groups in total. The van der Waals surface area contributed by atoms with Gasteiger partial charge in [-0.3, -0.25) is 4.99 Å². The van der Waals surface area contributed by atoms with Crippen LogP contribution in [0.4, 0.5) is 0 Å². The predicted octanol–water partition coefficient (Wildman–Crippen LogP) is 8.60. The Kier molecular flexibility index (Phi) is 9.64. The zero-order valence-corrected chi connectivity index (χ0v) is 25.7. The second kappa shape index (κ2) is 11.6. The average Bonchev–Trinajstić information content (AvgIpc) is 3.15. The van der Waals surface area contributed by atoms with E-state index < -0.39 is 16.1 Å². The van der Waals surface area contributed by atoms with Gasteiger partial charge in [0.05, 0.1) is 17.0 Å². The van der Waals surface area contributed by atoms with Crippen molar-refractivity contribution < 1.29 is 0 Å². The summed E-state index contributed by atoms with van der Waals surface area (Å²) in [5.41, 5.74) is 17.8. The quantitative estimate of drug-likeness (QED) is 0.225. The van der Waals surface area contributed by atoms with Crippen molar-refractivity contribution in [3.05, 3.63) is 39.4 Å². The third-order valence-corrected chi connectivity index (χ3v) is 7.80. The number of aryl methyl sites for hydroxylation is 1. The smallest absolute Gasteiger partial charge is 0.129 e. The number of aromatic amines is 1. The minimum absolute atomic E-state index is 1.03. The van der Waals surface area contributed by atoms with Crippen LogP contribution < -0.4 is 0 Å². The number of rotatable bonds is 7. The van der Waals surface area contributed by atoms with Crippen LogP contribution in [-0.4, -0.2) is 26.8 Å². The van der Waals surface area contributed by atoms with Gasteiger partial charge in [-0.1, -0.05) is 83.7 Å². The maximum atomic E-state index is 5.09. The van der Waals surface area contributed by atoms with E-state index >= 15 is 0 Å². The Bertz CT molecular complexity index is 1120. The summed E-state index contributed by atoms with van der Waals surface area (Å²) in [6.45, 7) is 24.8. The first-order chi connectivity index (χ1) is 15.7. The van der Waals surface area contributed by atoms with E-state index in [2.05, 4.69) is 102 Å². The minimum Gasteiger partial charge on any atom is -0.358 e. The summed E-state index contributed by atoms with van der Waals surface area (Å²) < 4.78 is 0. The number of allylic oxidation sites excluding steroid dienone is 3. The maximum Gasteiger partial charge on any atom is 0.129 e. The molecular weight excluding hydrogens is 445 g/mol. The molecule has 4 heteroatoms. The summed E-state index contributed by atoms with van der Waals surface area (Å²) in [6.07, 6.45) is 7.37. The van der Waals surface area contributed by atoms with Crippen molar-refractivity contribution in [2.45, 2.75) is 112 Å². The van der Waals surface area contributed by atoms with Crippen LogP contribution in [0.3, 0.4) is 0 Å². The lowest BCUT2D eigenvalue weighted by Gasteiger charge is -2.12. The molecule has 0 aliphatic carbocycles. The van der Waals surface area contributed by atoms with Crippen LogP contribution in [-0.2, 0) is 0 Å². The summed E-state index contributed by atoms with van der Waals surface area (Å²) in [4.78, 5) is 8.81. The number of nitrogens with zero attached hydrogens (tertiary/aromatic N) is 1. The van der Waals surface area contributed by atoms with Gasteiger partial charge in [-0.05, 0) is 51.7 Å². The van der Waals surface area contributed by atoms with Crippen LogP contribution in [0.15, 0.2) is 21.8 Å². The van der Waals surface area contributed by atoms with Gasteiger partial charge in [-0.2, -0.15) is 0 Å². The van der Waals surface area contributed by atoms with Crippen LogP contribution >= 0.6 is 0 Å². The van der Waals surface area contributed by atoms with Crippen molar-refractivity contribution >= 4 is 27.4 Å². The van der Waals surface area contributed by atoms with E-state index in [0.717, 1.165) is 23.4 Å². The largest absolute Gasteiger partial charge is 0.358 e. The molecule has 0 bridgehead atoms. The van der Waals surface area contributed by atoms with Gasteiger partial charge in [-0.25, -0.2) is 0 Å². The number of hydrogen-bond donors (Lipinski definition) is 1. The first-order valence-electron chi connectivity index (χ1n) is 13.0. The second-order valence-corrected chi connectivity index (χ2v) is 21.3. The first kappa shape index (κ1) is 28.2. The fourth-order valence-corrected chi connectivity index (χ4v) is 5.18. The molecule has 1 aromatic heterocycles. The van der Waals surface area contributed by atoms with Gasteiger partial charge < -0.3 is 4.98 Å². The van der Waals surface area contributed by atoms with Gasteiger partial charge in [0.1, 0.15) is 16.1 Å². The van der Waals surface area contributed by atoms with Crippen LogP contribution in [0, 0.1) is 36.8 Å². The Balaban J connectivity index is 2.62. The molecule has 0 unspecified atom stereocenters. The molecule has 1 aliphatic heterocycles. The number of nitrogens with one attached hydrogen (secondary N) is 1. The summed E-state index contributed by atoms with van der Waals surface area (Å²) in [6, 6.07) is 0. The van der Waals surface area contributed by atoms with Gasteiger partial charge in [0.25, 0.3) is 0 Å². The van der Waals surface area contributed by atoms with E-state index in [4.69, 9.17) is 4.99 Å². The molecule has 0 amide bonds. The monoisotopic (exact) mass is 490 g/mol. The molecule has 0 saturated carbocycles. The zero-order chi connectivity index (χ0) is 25.7. The molecule has 0 radical (unpaired) electrons. The van der Waals surface area contributed by atoms with E-state index in [1.807, 2.05) is 0 Å². The van der Waals surface area contributed by atoms with Crippen molar-refractivity contribution in [2.75, 3.05) is 0 Å². The molecule has 2 heterocycles. The lowest BCUT2D eigenvalue weighted by molar-refractivity contribution is 0.639. The Morgan fingerprint density at radius 3 is 2.00 bits per heavy atom. The highest BCUT2D eigenvalue weighted by atomic mass is 28.3. The topological polar surface area (TPSA) is 28.1 Å². The molecular formula is C30H46N2Si2. The average molecular weight is 491 g/mol. The number of aromatic nitrogens is 1. The maximum absolute atomic E-state index is 5.09. The van der Waals surface area contributed by atoms with Gasteiger partial charge >= 0.3 is 0 Å². The molecule has 2 rings (SSSR count). The molecule has 0 saturated heterocycles. The Hall–Kier alpha value is -2.02. The number of unbranched alkanes of at least 4 members (excludes halogenated alkanes) is 4. The fourth-order valence-electron chi connectivity index (χ4n) is 4.18. The van der Waals surface area contributed by atoms with Crippen LogP contribution in [0.5, 0.6) is 0 Å². The second-order valence-electron chi connectivity index (χ2n) is 11.8. The third kappa shape index (κ3) is 7.76. The van der Waals surface area contributed by atoms with E-state index in [1.54, 1.807) is 0 Å². The van der Waals surface area contributed by atoms with Gasteiger partial charge in [-0.15, -0.1) is 11.1 Å². The summed E-state index contributed by atoms with van der Waals surface area (Å²) in [5, 5.41) is 0. The highest BCUT2D eigenvalue weighted by molar-refractivity contribution is 6.84. The van der Waals surface area contributed by atoms with Gasteiger partial charge in [0.2, 0.25) is 0 Å². The van der Waals surface area contributed by atoms with Crippen molar-refractivity contribution in [2.24, 2.45) is 4.99 Å². The molecule has 184 valence electrons. The lowest BCUT2D eigenvalue weighted by Crippen LogP contribution is -2.16. The van der Waals surface area contributed by atoms with E-state index in [1.165, 1.54) is 65.8 Å². The number of aliphatic imine (C=N–C) groups is 1. The van der Waals surface area contributed by atoms with Gasteiger partial charge in [0, 0.05) is 22.5 Å². The number of hydrogen-bond acceptors (Lipinski definition) is 1. The van der Waals surface area contributed by atoms with Crippen molar-refractivity contribution in [3.8, 4) is 22.9 Å². The van der Waals surface area contributed by atoms with Crippen molar-refractivity contribution in [1.82, 2.24) is 4.98 Å². The molecule has 0 fully saturated rings. The zero-order valence-electron chi connectivity index (χ0n) is 23.7. The Labute approximate surface area is 211 Å². The predicted molar refractivity (Wildman–Crippen MR) is 158 cm³/mol. The molecule has 2 nitrogen and oxygen atoms in total. The molecule has 0 atom stereocenters. The summed E-state index contributed by atoms with van der Waals surface area (Å²) in [7, 11) is -2.90. The standard InChI is InChI=1S/C30H46N2Si2/c1-12-13-14-15-16-17-28(29-22(2)26(24(4)31-29)18-20-33(6,7)8)30-23(3)27(25(5)32-30)19-21-34(9,10)11/h31H,12-17H2,1-11H3/b30-28-. The highest BCUT2D eigenvalue weighted by Gasteiger charge is 2.24. The highest BCUT2D eigenvalue weighted by Crippen LogP contribution is 2.37. The van der Waals surface area contributed by atoms with Crippen LogP contribution in [0.2, 0.25) is 39.3 Å². The Morgan fingerprint density at radius 1 is 0.824 bits per heavy atom. The van der Waals surface area contributed by atoms with Gasteiger partial charge in [0.15, 0.2) is 0 Å². The van der Waals surface area contributed by atoms with Crippen molar-refractivity contribution in [3.63, 3.8) is 0 Å². The minimum atomic E-state index is -1.45. The molecule has 0 aromatic carbocycles. The van der Waals surface area contributed by atoms with Crippen LogP contribution in [0.25, 0.3) is 5.57 Å². The number of H-pyrrole nitrogens is 1. The summed E-state index contributed by atoms with van der Waals surface area (Å²) >= 11 is 0. The third-order valence-electron chi connectivity index (χ3n) is 6.05. The Morgan fingerprint density at radius 2 is 1.41 bits per heavy atom. The lowest BCUT2D eigenvalue weighted by atomic mass is 9.95. The molecule has 0 spiro atoms. The first-order valence-corrected chi connectivity index (χ1v) is 20.0. The molecule has 34 heavy (non-hydrogen) atoms.